The van der Waals surface area contributed by atoms with Crippen LogP contribution < -0.4 is 15.8 Å². The molecule has 0 saturated carbocycles. The summed E-state index contributed by atoms with van der Waals surface area (Å²) in [7, 11) is 1.59. The zero-order valence-corrected chi connectivity index (χ0v) is 11.0. The van der Waals surface area contributed by atoms with E-state index in [1.807, 2.05) is 19.9 Å². The van der Waals surface area contributed by atoms with Crippen LogP contribution in [-0.4, -0.2) is 32.3 Å². The number of anilines is 1. The van der Waals surface area contributed by atoms with E-state index >= 15 is 0 Å². The molecule has 3 N–H and O–H groups in total. The third-order valence-corrected chi connectivity index (χ3v) is 2.35. The minimum atomic E-state index is -0.195. The first-order valence-electron chi connectivity index (χ1n) is 5.80. The van der Waals surface area contributed by atoms with Crippen LogP contribution in [0.4, 0.5) is 5.69 Å². The summed E-state index contributed by atoms with van der Waals surface area (Å²) >= 11 is 0. The number of benzene rings is 1. The average Bonchev–Trinajstić information content (AvgIpc) is 2.28. The molecular formula is C13H20N2O3. The molecule has 0 aliphatic carbocycles. The van der Waals surface area contributed by atoms with Gasteiger partial charge in [0.1, 0.15) is 5.75 Å². The second kappa shape index (κ2) is 6.86. The molecule has 5 heteroatoms. The van der Waals surface area contributed by atoms with Crippen LogP contribution in [0, 0.1) is 6.92 Å². The number of ether oxygens (including phenoxy) is 2. The van der Waals surface area contributed by atoms with E-state index in [4.69, 9.17) is 15.2 Å². The van der Waals surface area contributed by atoms with Crippen LogP contribution in [0.2, 0.25) is 0 Å². The van der Waals surface area contributed by atoms with Crippen molar-refractivity contribution in [2.24, 2.45) is 0 Å². The molecule has 1 amide bonds. The molecule has 1 rings (SSSR count). The predicted molar refractivity (Wildman–Crippen MR) is 70.6 cm³/mol. The third-order valence-electron chi connectivity index (χ3n) is 2.35. The number of aryl methyl sites for hydroxylation is 1. The minimum Gasteiger partial charge on any atom is -0.482 e. The van der Waals surface area contributed by atoms with Crippen molar-refractivity contribution in [2.45, 2.75) is 19.9 Å². The van der Waals surface area contributed by atoms with Crippen molar-refractivity contribution in [3.05, 3.63) is 23.8 Å². The Morgan fingerprint density at radius 1 is 1.50 bits per heavy atom. The van der Waals surface area contributed by atoms with E-state index in [0.717, 1.165) is 5.56 Å². The second-order valence-electron chi connectivity index (χ2n) is 4.25. The van der Waals surface area contributed by atoms with Crippen molar-refractivity contribution < 1.29 is 14.3 Å². The summed E-state index contributed by atoms with van der Waals surface area (Å²) in [6.07, 6.45) is 0. The Labute approximate surface area is 107 Å². The van der Waals surface area contributed by atoms with Crippen molar-refractivity contribution in [2.75, 3.05) is 26.1 Å². The standard InChI is InChI=1S/C13H20N2O3/c1-9-4-5-12(11(14)6-9)18-8-13(16)15-10(2)7-17-3/h4-6,10H,7-8,14H2,1-3H3,(H,15,16). The maximum Gasteiger partial charge on any atom is 0.258 e. The molecule has 0 heterocycles. The zero-order chi connectivity index (χ0) is 13.5. The summed E-state index contributed by atoms with van der Waals surface area (Å²) in [5.41, 5.74) is 7.37. The van der Waals surface area contributed by atoms with Crippen molar-refractivity contribution >= 4 is 11.6 Å². The molecule has 1 aromatic rings. The van der Waals surface area contributed by atoms with E-state index in [-0.39, 0.29) is 18.6 Å². The van der Waals surface area contributed by atoms with Gasteiger partial charge in [0.05, 0.1) is 12.3 Å². The van der Waals surface area contributed by atoms with Crippen molar-refractivity contribution in [1.82, 2.24) is 5.32 Å². The zero-order valence-electron chi connectivity index (χ0n) is 11.0. The fourth-order valence-electron chi connectivity index (χ4n) is 1.55. The summed E-state index contributed by atoms with van der Waals surface area (Å²) in [4.78, 5) is 11.5. The number of hydrogen-bond donors (Lipinski definition) is 2. The molecule has 0 aliphatic heterocycles. The Morgan fingerprint density at radius 3 is 2.83 bits per heavy atom. The molecular weight excluding hydrogens is 232 g/mol. The van der Waals surface area contributed by atoms with Crippen LogP contribution in [0.5, 0.6) is 5.75 Å². The van der Waals surface area contributed by atoms with Gasteiger partial charge in [-0.1, -0.05) is 6.07 Å². The van der Waals surface area contributed by atoms with Gasteiger partial charge in [0.2, 0.25) is 0 Å². The topological polar surface area (TPSA) is 73.6 Å². The normalized spacial score (nSPS) is 11.9. The van der Waals surface area contributed by atoms with E-state index in [2.05, 4.69) is 5.32 Å². The molecule has 5 nitrogen and oxygen atoms in total. The minimum absolute atomic E-state index is 0.0403. The number of nitrogen functional groups attached to an aromatic ring is 1. The van der Waals surface area contributed by atoms with E-state index in [1.54, 1.807) is 19.2 Å². The van der Waals surface area contributed by atoms with Gasteiger partial charge in [-0.05, 0) is 31.5 Å². The Balaban J connectivity index is 2.42. The van der Waals surface area contributed by atoms with Gasteiger partial charge >= 0.3 is 0 Å². The van der Waals surface area contributed by atoms with Crippen LogP contribution in [0.25, 0.3) is 0 Å². The van der Waals surface area contributed by atoms with Crippen LogP contribution in [0.15, 0.2) is 18.2 Å². The van der Waals surface area contributed by atoms with Crippen LogP contribution in [-0.2, 0) is 9.53 Å². The van der Waals surface area contributed by atoms with Crippen molar-refractivity contribution in [3.8, 4) is 5.75 Å². The molecule has 1 aromatic carbocycles. The fraction of sp³-hybridized carbons (Fsp3) is 0.462. The number of carbonyl (C=O) groups is 1. The quantitative estimate of drug-likeness (QED) is 0.744. The summed E-state index contributed by atoms with van der Waals surface area (Å²) in [6, 6.07) is 5.41. The van der Waals surface area contributed by atoms with E-state index in [0.29, 0.717) is 18.0 Å². The first-order valence-corrected chi connectivity index (χ1v) is 5.80. The third kappa shape index (κ3) is 4.63. The summed E-state index contributed by atoms with van der Waals surface area (Å²) in [5, 5.41) is 2.75. The maximum atomic E-state index is 11.5. The van der Waals surface area contributed by atoms with Gasteiger partial charge in [-0.25, -0.2) is 0 Å². The first kappa shape index (κ1) is 14.3. The molecule has 1 atom stereocenters. The lowest BCUT2D eigenvalue weighted by molar-refractivity contribution is -0.124. The van der Waals surface area contributed by atoms with Gasteiger partial charge in [0, 0.05) is 13.2 Å². The smallest absolute Gasteiger partial charge is 0.258 e. The molecule has 0 bridgehead atoms. The molecule has 0 radical (unpaired) electrons. The highest BCUT2D eigenvalue weighted by molar-refractivity contribution is 5.78. The number of nitrogens with two attached hydrogens (primary N) is 1. The SMILES string of the molecule is COCC(C)NC(=O)COc1ccc(C)cc1N. The van der Waals surface area contributed by atoms with Gasteiger partial charge in [0.25, 0.3) is 5.91 Å². The number of hydrogen-bond acceptors (Lipinski definition) is 4. The largest absolute Gasteiger partial charge is 0.482 e. The van der Waals surface area contributed by atoms with Crippen LogP contribution in [0.1, 0.15) is 12.5 Å². The highest BCUT2D eigenvalue weighted by Gasteiger charge is 2.08. The molecule has 0 spiro atoms. The van der Waals surface area contributed by atoms with Crippen molar-refractivity contribution in [3.63, 3.8) is 0 Å². The highest BCUT2D eigenvalue weighted by Crippen LogP contribution is 2.21. The lowest BCUT2D eigenvalue weighted by Crippen LogP contribution is -2.38. The molecule has 0 aliphatic rings. The average molecular weight is 252 g/mol. The van der Waals surface area contributed by atoms with Gasteiger partial charge in [-0.2, -0.15) is 0 Å². The van der Waals surface area contributed by atoms with E-state index < -0.39 is 0 Å². The van der Waals surface area contributed by atoms with Crippen molar-refractivity contribution in [1.29, 1.82) is 0 Å². The molecule has 0 saturated heterocycles. The summed E-state index contributed by atoms with van der Waals surface area (Å²) in [5.74, 6) is 0.328. The highest BCUT2D eigenvalue weighted by atomic mass is 16.5. The molecule has 1 unspecified atom stereocenters. The molecule has 18 heavy (non-hydrogen) atoms. The van der Waals surface area contributed by atoms with Gasteiger partial charge in [-0.15, -0.1) is 0 Å². The molecule has 0 aromatic heterocycles. The summed E-state index contributed by atoms with van der Waals surface area (Å²) < 4.78 is 10.3. The number of methoxy groups -OCH3 is 1. The fourth-order valence-corrected chi connectivity index (χ4v) is 1.55. The number of carbonyl (C=O) groups excluding carboxylic acids is 1. The first-order chi connectivity index (χ1) is 8.52. The number of amides is 1. The predicted octanol–water partition coefficient (Wildman–Crippen LogP) is 1.11. The Morgan fingerprint density at radius 2 is 2.22 bits per heavy atom. The van der Waals surface area contributed by atoms with Crippen LogP contribution >= 0.6 is 0 Å². The monoisotopic (exact) mass is 252 g/mol. The Hall–Kier alpha value is -1.75. The van der Waals surface area contributed by atoms with Gasteiger partial charge in [0.15, 0.2) is 6.61 Å². The molecule has 100 valence electrons. The van der Waals surface area contributed by atoms with E-state index in [9.17, 15) is 4.79 Å². The van der Waals surface area contributed by atoms with Crippen LogP contribution in [0.3, 0.4) is 0 Å². The molecule has 0 fully saturated rings. The second-order valence-corrected chi connectivity index (χ2v) is 4.25. The Bertz CT molecular complexity index is 407. The number of rotatable bonds is 6. The maximum absolute atomic E-state index is 11.5. The number of nitrogens with one attached hydrogen (secondary N) is 1. The lowest BCUT2D eigenvalue weighted by atomic mass is 10.2. The van der Waals surface area contributed by atoms with Gasteiger partial charge < -0.3 is 20.5 Å². The summed E-state index contributed by atoms with van der Waals surface area (Å²) in [6.45, 7) is 4.22. The van der Waals surface area contributed by atoms with E-state index in [1.165, 1.54) is 0 Å². The van der Waals surface area contributed by atoms with Gasteiger partial charge in [-0.3, -0.25) is 4.79 Å². The Kier molecular flexibility index (Phi) is 5.45. The lowest BCUT2D eigenvalue weighted by Gasteiger charge is -2.14.